The molecular formula is C16H26N4O3. The number of carbonyl (C=O) groups is 2. The van der Waals surface area contributed by atoms with Crippen LogP contribution in [0.5, 0.6) is 0 Å². The molecule has 1 atom stereocenters. The first-order valence-electron chi connectivity index (χ1n) is 8.11. The van der Waals surface area contributed by atoms with Crippen molar-refractivity contribution in [2.75, 3.05) is 32.7 Å². The summed E-state index contributed by atoms with van der Waals surface area (Å²) in [4.78, 5) is 28.1. The van der Waals surface area contributed by atoms with Crippen molar-refractivity contribution in [1.82, 2.24) is 20.3 Å². The molecule has 7 heteroatoms. The van der Waals surface area contributed by atoms with E-state index in [1.54, 1.807) is 17.9 Å². The maximum absolute atomic E-state index is 12.3. The monoisotopic (exact) mass is 322 g/mol. The summed E-state index contributed by atoms with van der Waals surface area (Å²) in [5, 5.41) is 6.75. The van der Waals surface area contributed by atoms with Gasteiger partial charge in [0.1, 0.15) is 0 Å². The number of piperazine rings is 1. The number of rotatable bonds is 5. The van der Waals surface area contributed by atoms with Crippen LogP contribution in [0.3, 0.4) is 0 Å². The first kappa shape index (κ1) is 17.5. The van der Waals surface area contributed by atoms with Gasteiger partial charge in [0.25, 0.3) is 5.91 Å². The van der Waals surface area contributed by atoms with Crippen molar-refractivity contribution >= 4 is 11.8 Å². The predicted octanol–water partition coefficient (Wildman–Crippen LogP) is 0.902. The van der Waals surface area contributed by atoms with Crippen LogP contribution in [0, 0.1) is 12.8 Å². The minimum atomic E-state index is -0.136. The number of hydrogen-bond donors (Lipinski definition) is 1. The number of carbonyl (C=O) groups excluding carboxylic acids is 2. The zero-order chi connectivity index (χ0) is 17.0. The second kappa shape index (κ2) is 7.59. The third-order valence-electron chi connectivity index (χ3n) is 4.25. The molecule has 7 nitrogen and oxygen atoms in total. The SMILES string of the molecule is Cc1cc(C(=O)N2CCN(CC(=O)NC(C)C(C)C)CC2)on1. The highest BCUT2D eigenvalue weighted by atomic mass is 16.5. The minimum absolute atomic E-state index is 0.0387. The summed E-state index contributed by atoms with van der Waals surface area (Å²) in [6.45, 7) is 10.9. The molecule has 0 aromatic carbocycles. The first-order valence-corrected chi connectivity index (χ1v) is 8.11. The zero-order valence-corrected chi connectivity index (χ0v) is 14.3. The lowest BCUT2D eigenvalue weighted by Gasteiger charge is -2.34. The molecule has 1 aromatic rings. The van der Waals surface area contributed by atoms with Gasteiger partial charge in [-0.15, -0.1) is 0 Å². The van der Waals surface area contributed by atoms with Gasteiger partial charge in [0.15, 0.2) is 0 Å². The lowest BCUT2D eigenvalue weighted by Crippen LogP contribution is -2.52. The van der Waals surface area contributed by atoms with Gasteiger partial charge in [-0.05, 0) is 19.8 Å². The first-order chi connectivity index (χ1) is 10.9. The van der Waals surface area contributed by atoms with Gasteiger partial charge in [0, 0.05) is 38.3 Å². The predicted molar refractivity (Wildman–Crippen MR) is 86.0 cm³/mol. The van der Waals surface area contributed by atoms with Crippen molar-refractivity contribution in [1.29, 1.82) is 0 Å². The number of nitrogens with zero attached hydrogens (tertiary/aromatic N) is 3. The fraction of sp³-hybridized carbons (Fsp3) is 0.688. The molecule has 1 aliphatic heterocycles. The van der Waals surface area contributed by atoms with Crippen LogP contribution in [-0.2, 0) is 4.79 Å². The Labute approximate surface area is 137 Å². The zero-order valence-electron chi connectivity index (χ0n) is 14.3. The Morgan fingerprint density at radius 3 is 2.43 bits per heavy atom. The van der Waals surface area contributed by atoms with Crippen LogP contribution in [0.2, 0.25) is 0 Å². The van der Waals surface area contributed by atoms with E-state index < -0.39 is 0 Å². The van der Waals surface area contributed by atoms with Gasteiger partial charge in [-0.2, -0.15) is 0 Å². The summed E-state index contributed by atoms with van der Waals surface area (Å²) in [6, 6.07) is 1.81. The third kappa shape index (κ3) is 4.79. The number of hydrogen-bond acceptors (Lipinski definition) is 5. The van der Waals surface area contributed by atoms with E-state index in [0.29, 0.717) is 44.3 Å². The van der Waals surface area contributed by atoms with Crippen LogP contribution < -0.4 is 5.32 Å². The van der Waals surface area contributed by atoms with Crippen molar-refractivity contribution < 1.29 is 14.1 Å². The van der Waals surface area contributed by atoms with Gasteiger partial charge < -0.3 is 14.7 Å². The summed E-state index contributed by atoms with van der Waals surface area (Å²) in [5.41, 5.74) is 0.697. The molecule has 0 aliphatic carbocycles. The van der Waals surface area contributed by atoms with Crippen LogP contribution in [0.15, 0.2) is 10.6 Å². The highest BCUT2D eigenvalue weighted by molar-refractivity contribution is 5.91. The molecule has 1 unspecified atom stereocenters. The fourth-order valence-corrected chi connectivity index (χ4v) is 2.40. The van der Waals surface area contributed by atoms with Gasteiger partial charge in [0.05, 0.1) is 12.2 Å². The molecule has 0 radical (unpaired) electrons. The smallest absolute Gasteiger partial charge is 0.292 e. The topological polar surface area (TPSA) is 78.7 Å². The molecule has 1 N–H and O–H groups in total. The van der Waals surface area contributed by atoms with Gasteiger partial charge in [-0.3, -0.25) is 14.5 Å². The van der Waals surface area contributed by atoms with E-state index in [4.69, 9.17) is 4.52 Å². The molecule has 1 aromatic heterocycles. The molecule has 2 amide bonds. The van der Waals surface area contributed by atoms with Crippen LogP contribution >= 0.6 is 0 Å². The molecule has 128 valence electrons. The van der Waals surface area contributed by atoms with Gasteiger partial charge in [-0.25, -0.2) is 0 Å². The van der Waals surface area contributed by atoms with E-state index in [1.807, 2.05) is 6.92 Å². The van der Waals surface area contributed by atoms with Crippen LogP contribution in [0.25, 0.3) is 0 Å². The summed E-state index contributed by atoms with van der Waals surface area (Å²) >= 11 is 0. The second-order valence-electron chi connectivity index (χ2n) is 6.50. The molecule has 1 saturated heterocycles. The largest absolute Gasteiger partial charge is 0.352 e. The lowest BCUT2D eigenvalue weighted by molar-refractivity contribution is -0.123. The molecule has 0 spiro atoms. The van der Waals surface area contributed by atoms with Crippen LogP contribution in [0.1, 0.15) is 37.0 Å². The van der Waals surface area contributed by atoms with Crippen molar-refractivity contribution in [3.05, 3.63) is 17.5 Å². The number of aromatic nitrogens is 1. The number of aryl methyl sites for hydroxylation is 1. The molecule has 2 heterocycles. The van der Waals surface area contributed by atoms with Gasteiger partial charge in [-0.1, -0.05) is 19.0 Å². The van der Waals surface area contributed by atoms with E-state index in [2.05, 4.69) is 29.2 Å². The number of amides is 2. The quantitative estimate of drug-likeness (QED) is 0.871. The van der Waals surface area contributed by atoms with Crippen molar-refractivity contribution in [2.24, 2.45) is 5.92 Å². The fourth-order valence-electron chi connectivity index (χ4n) is 2.40. The molecule has 1 aliphatic rings. The van der Waals surface area contributed by atoms with Crippen molar-refractivity contribution in [3.63, 3.8) is 0 Å². The summed E-state index contributed by atoms with van der Waals surface area (Å²) in [5.74, 6) is 0.596. The normalized spacial score (nSPS) is 17.3. The Hall–Kier alpha value is -1.89. The standard InChI is InChI=1S/C16H26N4O3/c1-11(2)13(4)17-15(21)10-19-5-7-20(8-6-19)16(22)14-9-12(3)18-23-14/h9,11,13H,5-8,10H2,1-4H3,(H,17,21). The maximum Gasteiger partial charge on any atom is 0.292 e. The summed E-state index contributed by atoms with van der Waals surface area (Å²) < 4.78 is 5.02. The van der Waals surface area contributed by atoms with E-state index >= 15 is 0 Å². The molecule has 0 bridgehead atoms. The van der Waals surface area contributed by atoms with E-state index in [-0.39, 0.29) is 23.6 Å². The Bertz CT molecular complexity index is 547. The molecule has 2 rings (SSSR count). The average molecular weight is 322 g/mol. The second-order valence-corrected chi connectivity index (χ2v) is 6.50. The van der Waals surface area contributed by atoms with Crippen LogP contribution in [0.4, 0.5) is 0 Å². The minimum Gasteiger partial charge on any atom is -0.352 e. The van der Waals surface area contributed by atoms with E-state index in [1.165, 1.54) is 0 Å². The molecule has 0 saturated carbocycles. The van der Waals surface area contributed by atoms with Gasteiger partial charge >= 0.3 is 0 Å². The highest BCUT2D eigenvalue weighted by Gasteiger charge is 2.25. The summed E-state index contributed by atoms with van der Waals surface area (Å²) in [7, 11) is 0. The maximum atomic E-state index is 12.3. The molecular weight excluding hydrogens is 296 g/mol. The Morgan fingerprint density at radius 2 is 1.91 bits per heavy atom. The molecule has 23 heavy (non-hydrogen) atoms. The van der Waals surface area contributed by atoms with Crippen molar-refractivity contribution in [2.45, 2.75) is 33.7 Å². The van der Waals surface area contributed by atoms with E-state index in [9.17, 15) is 9.59 Å². The molecule has 1 fully saturated rings. The summed E-state index contributed by atoms with van der Waals surface area (Å²) in [6.07, 6.45) is 0. The van der Waals surface area contributed by atoms with Crippen molar-refractivity contribution in [3.8, 4) is 0 Å². The highest BCUT2D eigenvalue weighted by Crippen LogP contribution is 2.10. The Morgan fingerprint density at radius 1 is 1.26 bits per heavy atom. The Balaban J connectivity index is 1.77. The number of nitrogens with one attached hydrogen (secondary N) is 1. The van der Waals surface area contributed by atoms with E-state index in [0.717, 1.165) is 0 Å². The Kier molecular flexibility index (Phi) is 5.76. The average Bonchev–Trinajstić information content (AvgIpc) is 2.93. The van der Waals surface area contributed by atoms with Crippen LogP contribution in [-0.4, -0.2) is 65.5 Å². The third-order valence-corrected chi connectivity index (χ3v) is 4.25. The van der Waals surface area contributed by atoms with Gasteiger partial charge in [0.2, 0.25) is 11.7 Å². The lowest BCUT2D eigenvalue weighted by atomic mass is 10.1.